The number of nitrogens with one attached hydrogen (secondary N) is 1. The average molecular weight is 279 g/mol. The quantitative estimate of drug-likeness (QED) is 0.838. The summed E-state index contributed by atoms with van der Waals surface area (Å²) in [7, 11) is 2.19. The largest absolute Gasteiger partial charge is 0.375 e. The zero-order valence-corrected chi connectivity index (χ0v) is 13.7. The monoisotopic (exact) mass is 279 g/mol. The van der Waals surface area contributed by atoms with E-state index in [1.165, 1.54) is 57.8 Å². The molecule has 0 amide bonds. The molecule has 1 saturated heterocycles. The molecule has 2 nitrogen and oxygen atoms in total. The van der Waals surface area contributed by atoms with Crippen LogP contribution in [0.5, 0.6) is 0 Å². The molecule has 3 atom stereocenters. The summed E-state index contributed by atoms with van der Waals surface area (Å²) in [6.45, 7) is 5.97. The summed E-state index contributed by atoms with van der Waals surface area (Å²) in [5.74, 6) is 1.68. The van der Waals surface area contributed by atoms with Crippen LogP contribution in [0.1, 0.15) is 71.6 Å². The maximum absolute atomic E-state index is 6.24. The van der Waals surface area contributed by atoms with Crippen LogP contribution in [0.2, 0.25) is 0 Å². The van der Waals surface area contributed by atoms with Crippen LogP contribution in [0, 0.1) is 17.3 Å². The molecule has 1 heterocycles. The highest BCUT2D eigenvalue weighted by molar-refractivity contribution is 4.99. The van der Waals surface area contributed by atoms with Gasteiger partial charge in [-0.25, -0.2) is 0 Å². The van der Waals surface area contributed by atoms with Gasteiger partial charge in [0.1, 0.15) is 0 Å². The Morgan fingerprint density at radius 2 is 1.80 bits per heavy atom. The number of hydrogen-bond acceptors (Lipinski definition) is 2. The first-order valence-electron chi connectivity index (χ1n) is 8.88. The summed E-state index contributed by atoms with van der Waals surface area (Å²) in [5.41, 5.74) is 0.787. The first-order valence-corrected chi connectivity index (χ1v) is 8.88. The molecule has 3 aliphatic rings. The van der Waals surface area contributed by atoms with Crippen molar-refractivity contribution in [2.75, 3.05) is 13.7 Å². The summed E-state index contributed by atoms with van der Waals surface area (Å²) >= 11 is 0. The van der Waals surface area contributed by atoms with Crippen molar-refractivity contribution in [2.45, 2.75) is 83.3 Å². The average Bonchev–Trinajstić information content (AvgIpc) is 2.99. The highest BCUT2D eigenvalue weighted by atomic mass is 16.5. The molecule has 0 aromatic carbocycles. The van der Waals surface area contributed by atoms with E-state index in [1.807, 2.05) is 0 Å². The van der Waals surface area contributed by atoms with Gasteiger partial charge in [-0.15, -0.1) is 0 Å². The minimum Gasteiger partial charge on any atom is -0.375 e. The summed E-state index contributed by atoms with van der Waals surface area (Å²) in [5, 5.41) is 3.72. The number of ether oxygens (including phenoxy) is 1. The molecule has 2 heteroatoms. The van der Waals surface area contributed by atoms with E-state index in [0.717, 1.165) is 18.4 Å². The van der Waals surface area contributed by atoms with Crippen molar-refractivity contribution in [3.05, 3.63) is 0 Å². The molecule has 1 aliphatic heterocycles. The predicted octanol–water partition coefficient (Wildman–Crippen LogP) is 4.14. The Morgan fingerprint density at radius 3 is 2.40 bits per heavy atom. The van der Waals surface area contributed by atoms with Gasteiger partial charge in [0.25, 0.3) is 0 Å². The van der Waals surface area contributed by atoms with Crippen LogP contribution < -0.4 is 5.32 Å². The van der Waals surface area contributed by atoms with E-state index in [4.69, 9.17) is 4.74 Å². The molecule has 3 fully saturated rings. The molecule has 0 aromatic rings. The highest BCUT2D eigenvalue weighted by Crippen LogP contribution is 2.49. The molecule has 2 aliphatic carbocycles. The molecule has 1 spiro atoms. The van der Waals surface area contributed by atoms with Crippen LogP contribution in [0.3, 0.4) is 0 Å². The first kappa shape index (κ1) is 14.8. The molecular weight excluding hydrogens is 246 g/mol. The van der Waals surface area contributed by atoms with Crippen molar-refractivity contribution in [1.29, 1.82) is 0 Å². The van der Waals surface area contributed by atoms with E-state index in [2.05, 4.69) is 26.2 Å². The van der Waals surface area contributed by atoms with Gasteiger partial charge in [0.15, 0.2) is 0 Å². The predicted molar refractivity (Wildman–Crippen MR) is 83.8 cm³/mol. The first-order chi connectivity index (χ1) is 9.56. The zero-order valence-electron chi connectivity index (χ0n) is 13.7. The van der Waals surface area contributed by atoms with Crippen molar-refractivity contribution in [3.8, 4) is 0 Å². The highest BCUT2D eigenvalue weighted by Gasteiger charge is 2.46. The zero-order chi connectivity index (χ0) is 14.2. The van der Waals surface area contributed by atoms with Gasteiger partial charge < -0.3 is 10.1 Å². The molecule has 20 heavy (non-hydrogen) atoms. The Balaban J connectivity index is 1.72. The Kier molecular flexibility index (Phi) is 4.16. The van der Waals surface area contributed by atoms with Gasteiger partial charge in [0.2, 0.25) is 0 Å². The van der Waals surface area contributed by atoms with Crippen molar-refractivity contribution in [1.82, 2.24) is 5.32 Å². The minimum atomic E-state index is 0.265. The smallest absolute Gasteiger partial charge is 0.0685 e. The third-order valence-corrected chi connectivity index (χ3v) is 6.66. The van der Waals surface area contributed by atoms with Gasteiger partial charge in [-0.3, -0.25) is 0 Å². The van der Waals surface area contributed by atoms with Gasteiger partial charge in [-0.05, 0) is 62.8 Å². The molecule has 0 aromatic heterocycles. The van der Waals surface area contributed by atoms with E-state index in [9.17, 15) is 0 Å². The summed E-state index contributed by atoms with van der Waals surface area (Å²) in [4.78, 5) is 0. The molecule has 3 unspecified atom stereocenters. The van der Waals surface area contributed by atoms with Gasteiger partial charge in [-0.2, -0.15) is 0 Å². The molecule has 3 rings (SSSR count). The Bertz CT molecular complexity index is 332. The molecule has 2 saturated carbocycles. The van der Waals surface area contributed by atoms with E-state index in [1.54, 1.807) is 0 Å². The summed E-state index contributed by atoms with van der Waals surface area (Å²) < 4.78 is 6.24. The number of rotatable bonds is 3. The van der Waals surface area contributed by atoms with E-state index in [0.29, 0.717) is 11.5 Å². The fourth-order valence-corrected chi connectivity index (χ4v) is 5.52. The SMILES string of the molecule is CNC(C1CCOC2(CCCC2)C1)C1CCCC1(C)C. The molecule has 0 radical (unpaired) electrons. The van der Waals surface area contributed by atoms with Gasteiger partial charge in [0, 0.05) is 12.6 Å². The van der Waals surface area contributed by atoms with Crippen molar-refractivity contribution < 1.29 is 4.74 Å². The van der Waals surface area contributed by atoms with Crippen LogP contribution in [0.4, 0.5) is 0 Å². The molecular formula is C18H33NO. The van der Waals surface area contributed by atoms with E-state index < -0.39 is 0 Å². The second-order valence-corrected chi connectivity index (χ2v) is 8.29. The van der Waals surface area contributed by atoms with Gasteiger partial charge >= 0.3 is 0 Å². The second kappa shape index (κ2) is 5.61. The molecule has 1 N–H and O–H groups in total. The topological polar surface area (TPSA) is 21.3 Å². The van der Waals surface area contributed by atoms with Gasteiger partial charge in [0.05, 0.1) is 5.60 Å². The Hall–Kier alpha value is -0.0800. The van der Waals surface area contributed by atoms with Crippen LogP contribution in [-0.2, 0) is 4.74 Å². The van der Waals surface area contributed by atoms with Crippen molar-refractivity contribution in [3.63, 3.8) is 0 Å². The third kappa shape index (κ3) is 2.66. The van der Waals surface area contributed by atoms with Crippen LogP contribution in [-0.4, -0.2) is 25.3 Å². The normalized spacial score (nSPS) is 37.4. The van der Waals surface area contributed by atoms with Gasteiger partial charge in [-0.1, -0.05) is 33.1 Å². The standard InChI is InChI=1S/C18H33NO/c1-17(2)9-6-7-15(17)16(19-3)14-8-12-20-18(13-14)10-4-5-11-18/h14-16,19H,4-13H2,1-3H3. The summed E-state index contributed by atoms with van der Waals surface area (Å²) in [6.07, 6.45) is 12.2. The van der Waals surface area contributed by atoms with E-state index >= 15 is 0 Å². The van der Waals surface area contributed by atoms with Crippen molar-refractivity contribution in [2.24, 2.45) is 17.3 Å². The fourth-order valence-electron chi connectivity index (χ4n) is 5.52. The number of hydrogen-bond donors (Lipinski definition) is 1. The lowest BCUT2D eigenvalue weighted by Gasteiger charge is -2.45. The minimum absolute atomic E-state index is 0.265. The van der Waals surface area contributed by atoms with Crippen LogP contribution >= 0.6 is 0 Å². The molecule has 0 bridgehead atoms. The van der Waals surface area contributed by atoms with E-state index in [-0.39, 0.29) is 5.60 Å². The fraction of sp³-hybridized carbons (Fsp3) is 1.00. The lowest BCUT2D eigenvalue weighted by molar-refractivity contribution is -0.103. The lowest BCUT2D eigenvalue weighted by Crippen LogP contribution is -2.49. The lowest BCUT2D eigenvalue weighted by atomic mass is 9.69. The third-order valence-electron chi connectivity index (χ3n) is 6.66. The van der Waals surface area contributed by atoms with Crippen LogP contribution in [0.15, 0.2) is 0 Å². The maximum atomic E-state index is 6.24. The maximum Gasteiger partial charge on any atom is 0.0685 e. The summed E-state index contributed by atoms with van der Waals surface area (Å²) in [6, 6.07) is 0.703. The van der Waals surface area contributed by atoms with Crippen LogP contribution in [0.25, 0.3) is 0 Å². The molecule has 116 valence electrons. The van der Waals surface area contributed by atoms with Crippen molar-refractivity contribution >= 4 is 0 Å². The Labute approximate surface area is 125 Å². The Morgan fingerprint density at radius 1 is 1.05 bits per heavy atom. The second-order valence-electron chi connectivity index (χ2n) is 8.29.